The van der Waals surface area contributed by atoms with Gasteiger partial charge in [0.1, 0.15) is 0 Å². The highest BCUT2D eigenvalue weighted by Gasteiger charge is 2.22. The molecule has 1 atom stereocenters. The molecule has 2 heterocycles. The number of ether oxygens (including phenoxy) is 1. The average molecular weight is 527 g/mol. The number of nitrogens with one attached hydrogen (secondary N) is 2. The fourth-order valence-corrected chi connectivity index (χ4v) is 3.98. The number of anilines is 1. The Bertz CT molecular complexity index is 663. The molecule has 0 radical (unpaired) electrons. The Hall–Kier alpha value is -1.32. The molecule has 30 heavy (non-hydrogen) atoms. The Morgan fingerprint density at radius 2 is 1.73 bits per heavy atom. The molecule has 3 rings (SSSR count). The van der Waals surface area contributed by atoms with Crippen molar-refractivity contribution in [2.75, 3.05) is 57.9 Å². The lowest BCUT2D eigenvalue weighted by Crippen LogP contribution is -2.50. The van der Waals surface area contributed by atoms with Crippen molar-refractivity contribution in [1.82, 2.24) is 15.5 Å². The summed E-state index contributed by atoms with van der Waals surface area (Å²) in [5, 5.41) is 6.99. The molecular weight excluding hydrogens is 489 g/mol. The van der Waals surface area contributed by atoms with Gasteiger partial charge in [0.2, 0.25) is 0 Å². The van der Waals surface area contributed by atoms with Crippen LogP contribution in [0, 0.1) is 5.92 Å². The van der Waals surface area contributed by atoms with Crippen LogP contribution in [0.4, 0.5) is 5.69 Å². The molecule has 0 bridgehead atoms. The molecule has 1 unspecified atom stereocenters. The van der Waals surface area contributed by atoms with Gasteiger partial charge in [-0.3, -0.25) is 9.89 Å². The fraction of sp³-hybridized carbons (Fsp3) is 0.609. The smallest absolute Gasteiger partial charge is 0.191 e. The van der Waals surface area contributed by atoms with Gasteiger partial charge in [-0.15, -0.1) is 24.0 Å². The highest BCUT2D eigenvalue weighted by atomic mass is 127. The van der Waals surface area contributed by atoms with E-state index in [-0.39, 0.29) is 24.0 Å². The topological polar surface area (TPSA) is 52.1 Å². The molecule has 0 spiro atoms. The average Bonchev–Trinajstić information content (AvgIpc) is 3.28. The zero-order valence-corrected chi connectivity index (χ0v) is 21.0. The molecule has 168 valence electrons. The van der Waals surface area contributed by atoms with E-state index in [1.165, 1.54) is 17.7 Å². The van der Waals surface area contributed by atoms with Crippen LogP contribution in [-0.2, 0) is 11.3 Å². The first-order valence-electron chi connectivity index (χ1n) is 10.9. The van der Waals surface area contributed by atoms with Gasteiger partial charge in [0.25, 0.3) is 0 Å². The fourth-order valence-electron chi connectivity index (χ4n) is 3.98. The first-order valence-corrected chi connectivity index (χ1v) is 10.9. The number of benzene rings is 1. The van der Waals surface area contributed by atoms with Gasteiger partial charge in [0, 0.05) is 58.0 Å². The number of hydrogen-bond donors (Lipinski definition) is 2. The van der Waals surface area contributed by atoms with Crippen LogP contribution in [0.3, 0.4) is 0 Å². The third-order valence-electron chi connectivity index (χ3n) is 5.61. The van der Waals surface area contributed by atoms with Crippen molar-refractivity contribution in [3.63, 3.8) is 0 Å². The number of hydrogen-bond acceptors (Lipinski definition) is 4. The lowest BCUT2D eigenvalue weighted by molar-refractivity contribution is 0.0132. The number of nitrogens with zero attached hydrogens (tertiary/aromatic N) is 3. The largest absolute Gasteiger partial charge is 0.379 e. The number of morpholine rings is 1. The first kappa shape index (κ1) is 24.9. The van der Waals surface area contributed by atoms with Gasteiger partial charge < -0.3 is 20.3 Å². The summed E-state index contributed by atoms with van der Waals surface area (Å²) in [7, 11) is 1.84. The Labute approximate surface area is 199 Å². The minimum atomic E-state index is 0. The third-order valence-corrected chi connectivity index (χ3v) is 5.61. The molecule has 7 heteroatoms. The van der Waals surface area contributed by atoms with Gasteiger partial charge in [-0.05, 0) is 30.0 Å². The van der Waals surface area contributed by atoms with Crippen LogP contribution in [0.15, 0.2) is 41.4 Å². The monoisotopic (exact) mass is 527 g/mol. The van der Waals surface area contributed by atoms with Crippen LogP contribution in [0.5, 0.6) is 0 Å². The van der Waals surface area contributed by atoms with Crippen molar-refractivity contribution in [2.45, 2.75) is 32.9 Å². The van der Waals surface area contributed by atoms with E-state index >= 15 is 0 Å². The van der Waals surface area contributed by atoms with Gasteiger partial charge in [-0.25, -0.2) is 0 Å². The van der Waals surface area contributed by atoms with Crippen molar-refractivity contribution in [3.05, 3.63) is 42.0 Å². The molecule has 1 aromatic rings. The number of halogens is 1. The quantitative estimate of drug-likeness (QED) is 0.236. The van der Waals surface area contributed by atoms with E-state index in [9.17, 15) is 0 Å². The van der Waals surface area contributed by atoms with E-state index in [0.717, 1.165) is 58.4 Å². The van der Waals surface area contributed by atoms with E-state index < -0.39 is 0 Å². The van der Waals surface area contributed by atoms with Crippen molar-refractivity contribution in [1.29, 1.82) is 0 Å². The van der Waals surface area contributed by atoms with E-state index in [2.05, 4.69) is 75.7 Å². The predicted octanol–water partition coefficient (Wildman–Crippen LogP) is 3.09. The zero-order valence-electron chi connectivity index (χ0n) is 18.6. The summed E-state index contributed by atoms with van der Waals surface area (Å²) >= 11 is 0. The van der Waals surface area contributed by atoms with Gasteiger partial charge >= 0.3 is 0 Å². The second-order valence-electron chi connectivity index (χ2n) is 8.28. The summed E-state index contributed by atoms with van der Waals surface area (Å²) in [5.41, 5.74) is 2.54. The molecule has 2 N–H and O–H groups in total. The maximum absolute atomic E-state index is 5.53. The van der Waals surface area contributed by atoms with Gasteiger partial charge in [-0.1, -0.05) is 38.1 Å². The Balaban J connectivity index is 0.00000320. The standard InChI is InChI=1S/C23H37N5O.HI/c1-19(2)16-22(28-12-14-29-15-13-28)18-26-23(24-3)25-17-20-6-8-21(9-7-20)27-10-4-5-11-27;/h4-9,19,22H,10-18H2,1-3H3,(H2,24,25,26);1H. The molecule has 2 aliphatic rings. The van der Waals surface area contributed by atoms with E-state index in [0.29, 0.717) is 12.0 Å². The Kier molecular flexibility index (Phi) is 11.0. The van der Waals surface area contributed by atoms with Crippen LogP contribution >= 0.6 is 24.0 Å². The van der Waals surface area contributed by atoms with E-state index in [1.54, 1.807) is 0 Å². The maximum Gasteiger partial charge on any atom is 0.191 e. The molecule has 0 saturated carbocycles. The van der Waals surface area contributed by atoms with E-state index in [4.69, 9.17) is 4.74 Å². The van der Waals surface area contributed by atoms with Crippen LogP contribution < -0.4 is 15.5 Å². The lowest BCUT2D eigenvalue weighted by Gasteiger charge is -2.35. The van der Waals surface area contributed by atoms with Crippen LogP contribution in [0.1, 0.15) is 25.8 Å². The summed E-state index contributed by atoms with van der Waals surface area (Å²) in [4.78, 5) is 9.33. The molecule has 1 saturated heterocycles. The summed E-state index contributed by atoms with van der Waals surface area (Å²) < 4.78 is 5.53. The highest BCUT2D eigenvalue weighted by Crippen LogP contribution is 2.17. The maximum atomic E-state index is 5.53. The molecule has 6 nitrogen and oxygen atoms in total. The summed E-state index contributed by atoms with van der Waals surface area (Å²) in [6, 6.07) is 9.31. The molecule has 0 aliphatic carbocycles. The summed E-state index contributed by atoms with van der Waals surface area (Å²) in [6.45, 7) is 12.0. The first-order chi connectivity index (χ1) is 14.2. The van der Waals surface area contributed by atoms with Gasteiger partial charge in [0.15, 0.2) is 5.96 Å². The number of rotatable bonds is 8. The van der Waals surface area contributed by atoms with Crippen molar-refractivity contribution < 1.29 is 4.74 Å². The van der Waals surface area contributed by atoms with Crippen molar-refractivity contribution in [2.24, 2.45) is 10.9 Å². The lowest BCUT2D eigenvalue weighted by atomic mass is 10.0. The highest BCUT2D eigenvalue weighted by molar-refractivity contribution is 14.0. The van der Waals surface area contributed by atoms with Crippen molar-refractivity contribution in [3.8, 4) is 0 Å². The van der Waals surface area contributed by atoms with Crippen molar-refractivity contribution >= 4 is 35.6 Å². The predicted molar refractivity (Wildman–Crippen MR) is 137 cm³/mol. The Morgan fingerprint density at radius 3 is 2.33 bits per heavy atom. The number of aliphatic imine (C=N–C) groups is 1. The van der Waals surface area contributed by atoms with Crippen LogP contribution in [-0.4, -0.2) is 69.9 Å². The zero-order chi connectivity index (χ0) is 20.5. The second-order valence-corrected chi connectivity index (χ2v) is 8.28. The summed E-state index contributed by atoms with van der Waals surface area (Å²) in [5.74, 6) is 1.53. The Morgan fingerprint density at radius 1 is 1.07 bits per heavy atom. The molecular formula is C23H38IN5O. The third kappa shape index (κ3) is 7.74. The van der Waals surface area contributed by atoms with Gasteiger partial charge in [0.05, 0.1) is 13.2 Å². The summed E-state index contributed by atoms with van der Waals surface area (Å²) in [6.07, 6.45) is 5.61. The van der Waals surface area contributed by atoms with Gasteiger partial charge in [-0.2, -0.15) is 0 Å². The SMILES string of the molecule is CN=C(NCc1ccc(N2CC=CC2)cc1)NCC(CC(C)C)N1CCOCC1.I. The molecule has 0 aromatic heterocycles. The minimum Gasteiger partial charge on any atom is -0.379 e. The van der Waals surface area contributed by atoms with E-state index in [1.807, 2.05) is 7.05 Å². The molecule has 1 fully saturated rings. The number of guanidine groups is 1. The molecule has 1 aromatic carbocycles. The molecule has 2 aliphatic heterocycles. The van der Waals surface area contributed by atoms with Crippen LogP contribution in [0.25, 0.3) is 0 Å². The molecule has 0 amide bonds. The minimum absolute atomic E-state index is 0. The second kappa shape index (κ2) is 13.2. The van der Waals surface area contributed by atoms with Crippen LogP contribution in [0.2, 0.25) is 0 Å². The normalized spacial score (nSPS) is 18.4.